The Morgan fingerprint density at radius 1 is 0.400 bits per heavy atom. The molecule has 22 heteroatoms. The van der Waals surface area contributed by atoms with Gasteiger partial charge in [-0.2, -0.15) is 110 Å². The van der Waals surface area contributed by atoms with Gasteiger partial charge >= 0.3 is 0 Å². The number of ether oxygens (including phenoxy) is 5. The zero-order valence-corrected chi connectivity index (χ0v) is 68.6. The number of hydrogen-bond acceptors (Lipinski definition) is 12. The maximum atomic E-state index is 10.0. The first-order valence-corrected chi connectivity index (χ1v) is 31.5. The summed E-state index contributed by atoms with van der Waals surface area (Å²) in [5, 5.41) is 29.6. The number of para-hydroxylation sites is 5. The number of hydrogen-bond donors (Lipinski definition) is 1. The number of ketones is 1. The Bertz CT molecular complexity index is 4920. The third kappa shape index (κ3) is 26.5. The van der Waals surface area contributed by atoms with Crippen molar-refractivity contribution in [2.75, 3.05) is 14.2 Å². The van der Waals surface area contributed by atoms with Crippen molar-refractivity contribution >= 4 is 5.78 Å². The van der Waals surface area contributed by atoms with E-state index in [1.807, 2.05) is 262 Å². The van der Waals surface area contributed by atoms with Crippen LogP contribution in [0.3, 0.4) is 0 Å². The fraction of sp³-hybridized carbons (Fsp3) is 0.0602. The number of aliphatic hydroxyl groups excluding tert-OH is 1. The van der Waals surface area contributed by atoms with Gasteiger partial charge in [0.05, 0.1) is 44.3 Å². The van der Waals surface area contributed by atoms with E-state index >= 15 is 0 Å². The van der Waals surface area contributed by atoms with Crippen molar-refractivity contribution in [3.8, 4) is 97.1 Å². The van der Waals surface area contributed by atoms with Gasteiger partial charge in [-0.25, -0.2) is 14.0 Å². The van der Waals surface area contributed by atoms with Crippen LogP contribution in [-0.4, -0.2) is 74.0 Å². The van der Waals surface area contributed by atoms with Gasteiger partial charge in [0.2, 0.25) is 17.6 Å². The van der Waals surface area contributed by atoms with Crippen LogP contribution in [0.1, 0.15) is 19.5 Å². The molecular weight excluding hydrogens is 2220 g/mol. The first kappa shape index (κ1) is 85.5. The molecule has 0 aliphatic rings. The van der Waals surface area contributed by atoms with Gasteiger partial charge in [-0.15, -0.1) is 53.6 Å². The summed E-state index contributed by atoms with van der Waals surface area (Å²) in [6.07, 6.45) is 11.8. The van der Waals surface area contributed by atoms with E-state index in [0.717, 1.165) is 79.6 Å². The van der Waals surface area contributed by atoms with Gasteiger partial charge < -0.3 is 28.8 Å². The summed E-state index contributed by atoms with van der Waals surface area (Å²) in [6.45, 7) is 4.80. The van der Waals surface area contributed by atoms with Crippen molar-refractivity contribution in [2.45, 2.75) is 20.8 Å². The molecule has 0 spiro atoms. The molecule has 1 radical (unpaired) electrons. The van der Waals surface area contributed by atoms with E-state index in [-0.39, 0.29) is 116 Å². The summed E-state index contributed by atoms with van der Waals surface area (Å²) >= 11 is 0. The number of rotatable bonds is 16. The number of aliphatic hydroxyl groups is 1. The number of nitrogens with zero attached hydrogens (tertiary/aromatic N) is 10. The molecule has 0 aliphatic heterocycles. The zero-order chi connectivity index (χ0) is 69.5. The van der Waals surface area contributed by atoms with Crippen molar-refractivity contribution in [1.82, 2.24) is 48.9 Å². The number of allylic oxidation sites excluding steroid dienone is 2. The molecule has 0 bridgehead atoms. The van der Waals surface area contributed by atoms with Gasteiger partial charge in [-0.3, -0.25) is 14.2 Å². The number of carbonyl (C=O) groups excluding carboxylic acids is 1. The molecule has 0 fully saturated rings. The van der Waals surface area contributed by atoms with Gasteiger partial charge in [-0.05, 0) is 109 Å². The standard InChI is InChI=1S/C21H15N2O.2C16H13N2O.C15H11N2O.C10H9N2O.C5H8O2.Ir.4Pt/c1-3-8-17(9-4-1)18-10-7-11-19(16-18)23-21(14-15-22-23)24-20-12-5-2-6-13-20;1-13-11-12-18(17-13)15-9-5-6-10-16(15)19-14-7-3-2-4-8-14;1-19-16-10-11-17-18(16)15-9-5-8-14(12-15)13-6-3-2-4-7-13;1-2-5-14(6-3-1)18-15-9-7-13(8-10-15)17-12-4-11-16-17;1-13-10-7-8-11-12(10)9-5-3-2-4-6-9;1-4(6)3-5(2)7;;;;;/h1-10,12-16H;2*2-8,10-12H,1H3;1-7,9-12H;2-5,7-8H,1H3;3,6H,1-2H3;;;;;/q5*-1;;;;;;. The minimum Gasteiger partial charge on any atom is -0.517 e. The van der Waals surface area contributed by atoms with Gasteiger partial charge in [0.15, 0.2) is 5.78 Å². The first-order valence-electron chi connectivity index (χ1n) is 31.5. The first-order chi connectivity index (χ1) is 49.1. The van der Waals surface area contributed by atoms with Crippen LogP contribution in [0.15, 0.2) is 328 Å². The molecular formula is C83H69IrN10O7Pt4-5. The van der Waals surface area contributed by atoms with Crippen molar-refractivity contribution in [3.05, 3.63) is 364 Å². The Morgan fingerprint density at radius 3 is 1.32 bits per heavy atom. The van der Waals surface area contributed by atoms with Crippen LogP contribution in [0.25, 0.3) is 50.7 Å². The van der Waals surface area contributed by atoms with Gasteiger partial charge in [0.1, 0.15) is 17.2 Å². The smallest absolute Gasteiger partial charge is 0.220 e. The fourth-order valence-electron chi connectivity index (χ4n) is 9.47. The molecule has 17 nitrogen and oxygen atoms in total. The molecule has 0 atom stereocenters. The van der Waals surface area contributed by atoms with Gasteiger partial charge in [0, 0.05) is 159 Å². The van der Waals surface area contributed by atoms with E-state index in [2.05, 4.69) is 86.2 Å². The monoisotopic (exact) mass is 2290 g/mol. The number of benzene rings is 10. The Kier molecular flexibility index (Phi) is 37.3. The maximum Gasteiger partial charge on any atom is 0.220 e. The summed E-state index contributed by atoms with van der Waals surface area (Å²) in [6, 6.07) is 106. The van der Waals surface area contributed by atoms with E-state index in [9.17, 15) is 4.79 Å². The zero-order valence-electron chi connectivity index (χ0n) is 57.1. The number of methoxy groups -OCH3 is 2. The van der Waals surface area contributed by atoms with Crippen LogP contribution in [0.2, 0.25) is 0 Å². The Labute approximate surface area is 682 Å². The van der Waals surface area contributed by atoms with Crippen LogP contribution in [0, 0.1) is 37.3 Å². The average Bonchev–Trinajstić information content (AvgIpc) is 1.90. The van der Waals surface area contributed by atoms with E-state index < -0.39 is 0 Å². The summed E-state index contributed by atoms with van der Waals surface area (Å²) in [5.74, 6) is 5.89. The van der Waals surface area contributed by atoms with E-state index in [4.69, 9.17) is 28.8 Å². The quantitative estimate of drug-likeness (QED) is 0.0552. The number of carbonyl (C=O) groups is 1. The molecule has 1 N–H and O–H groups in total. The third-order valence-corrected chi connectivity index (χ3v) is 14.0. The topological polar surface area (TPSA) is 173 Å². The molecule has 547 valence electrons. The summed E-state index contributed by atoms with van der Waals surface area (Å²) < 4.78 is 36.6. The number of aromatic nitrogens is 10. The summed E-state index contributed by atoms with van der Waals surface area (Å²) in [7, 11) is 3.25. The molecule has 0 saturated carbocycles. The molecule has 0 amide bonds. The van der Waals surface area contributed by atoms with E-state index in [0.29, 0.717) is 17.6 Å². The summed E-state index contributed by atoms with van der Waals surface area (Å²) in [5.41, 5.74) is 9.81. The van der Waals surface area contributed by atoms with Crippen molar-refractivity contribution in [3.63, 3.8) is 0 Å². The Hall–Kier alpha value is -10.1. The SMILES string of the molecule is CC(=O)C=C(C)O.COc1ccnn1-c1[c-]ccc(-c2ccccc2)c1.COc1ccnn1-c1[c-]cccc1.Cc1ccn(-c2[c-]cccc2Oc2ccccc2)n1.[Ir].[Pt].[Pt].[Pt].[Pt].[c-]1cc(Oc2ccccc2)ccc1-n1cccn1.[c-]1ccc(-c2ccccc2)cc1-n1nccc1Oc1ccccc1. The van der Waals surface area contributed by atoms with E-state index in [1.165, 1.54) is 25.5 Å². The molecule has 0 saturated heterocycles. The largest absolute Gasteiger partial charge is 0.517 e. The molecule has 5 heterocycles. The minimum absolute atomic E-state index is 0. The predicted molar refractivity (Wildman–Crippen MR) is 387 cm³/mol. The van der Waals surface area contributed by atoms with Crippen LogP contribution in [0.5, 0.6) is 46.4 Å². The van der Waals surface area contributed by atoms with Crippen LogP contribution in [-0.2, 0) is 109 Å². The molecule has 15 aromatic rings. The van der Waals surface area contributed by atoms with Crippen molar-refractivity contribution in [2.24, 2.45) is 0 Å². The predicted octanol–water partition coefficient (Wildman–Crippen LogP) is 18.4. The van der Waals surface area contributed by atoms with Crippen LogP contribution < -0.4 is 23.7 Å². The third-order valence-electron chi connectivity index (χ3n) is 14.0. The van der Waals surface area contributed by atoms with Gasteiger partial charge in [-0.1, -0.05) is 115 Å². The molecule has 5 aromatic heterocycles. The Morgan fingerprint density at radius 2 is 0.876 bits per heavy atom. The van der Waals surface area contributed by atoms with Crippen molar-refractivity contribution < 1.29 is 138 Å². The number of aryl methyl sites for hydroxylation is 1. The summed E-state index contributed by atoms with van der Waals surface area (Å²) in [4.78, 5) is 10.0. The van der Waals surface area contributed by atoms with Crippen LogP contribution in [0.4, 0.5) is 0 Å². The maximum absolute atomic E-state index is 10.0. The normalized spacial score (nSPS) is 9.90. The van der Waals surface area contributed by atoms with Gasteiger partial charge in [0.25, 0.3) is 0 Å². The minimum atomic E-state index is -0.125. The second kappa shape index (κ2) is 45.9. The van der Waals surface area contributed by atoms with E-state index in [1.54, 1.807) is 68.5 Å². The molecule has 15 rings (SSSR count). The molecule has 0 unspecified atom stereocenters. The second-order valence-electron chi connectivity index (χ2n) is 21.3. The Balaban J connectivity index is 0.000000230. The molecule has 10 aromatic carbocycles. The van der Waals surface area contributed by atoms with Crippen molar-refractivity contribution in [1.29, 1.82) is 0 Å². The average molecular weight is 2290 g/mol. The second-order valence-corrected chi connectivity index (χ2v) is 21.3. The fourth-order valence-corrected chi connectivity index (χ4v) is 9.47. The molecule has 0 aliphatic carbocycles. The molecule has 105 heavy (non-hydrogen) atoms. The van der Waals surface area contributed by atoms with Crippen LogP contribution >= 0.6 is 0 Å².